The van der Waals surface area contributed by atoms with Crippen LogP contribution in [0.25, 0.3) is 11.2 Å². The van der Waals surface area contributed by atoms with Gasteiger partial charge in [-0.2, -0.15) is 4.98 Å². The number of anilines is 1. The lowest BCUT2D eigenvalue weighted by atomic mass is 10.3. The van der Waals surface area contributed by atoms with Gasteiger partial charge in [0.25, 0.3) is 5.56 Å². The van der Waals surface area contributed by atoms with E-state index in [2.05, 4.69) is 9.97 Å². The van der Waals surface area contributed by atoms with Crippen LogP contribution < -0.4 is 16.1 Å². The summed E-state index contributed by atoms with van der Waals surface area (Å²) in [4.78, 5) is 32.6. The molecule has 2 aromatic heterocycles. The van der Waals surface area contributed by atoms with E-state index in [9.17, 15) is 14.7 Å². The summed E-state index contributed by atoms with van der Waals surface area (Å²) >= 11 is 0. The van der Waals surface area contributed by atoms with Crippen LogP contribution in [0.15, 0.2) is 9.59 Å². The summed E-state index contributed by atoms with van der Waals surface area (Å²) in [6, 6.07) is 0. The molecule has 120 valence electrons. The number of hydrogen-bond donors (Lipinski definition) is 3. The highest BCUT2D eigenvalue weighted by Gasteiger charge is 2.24. The third-order valence-corrected chi connectivity index (χ3v) is 3.98. The Balaban J connectivity index is 2.26. The number of nitrogens with zero attached hydrogens (tertiary/aromatic N) is 4. The van der Waals surface area contributed by atoms with Crippen molar-refractivity contribution in [1.29, 1.82) is 0 Å². The molecule has 1 aliphatic rings. The topological polar surface area (TPSA) is 116 Å². The Hall–Kier alpha value is -2.13. The molecule has 0 aliphatic carbocycles. The lowest BCUT2D eigenvalue weighted by Crippen LogP contribution is -2.31. The van der Waals surface area contributed by atoms with Gasteiger partial charge in [0.05, 0.1) is 19.3 Å². The number of aromatic amines is 1. The van der Waals surface area contributed by atoms with Crippen LogP contribution in [0.2, 0.25) is 0 Å². The zero-order chi connectivity index (χ0) is 15.9. The highest BCUT2D eigenvalue weighted by molar-refractivity contribution is 5.74. The monoisotopic (exact) mass is 309 g/mol. The number of fused-ring (bicyclic) bond motifs is 1. The molecular formula is C13H19N5O4. The van der Waals surface area contributed by atoms with Crippen LogP contribution in [0.3, 0.4) is 0 Å². The minimum atomic E-state index is -1.00. The molecule has 22 heavy (non-hydrogen) atoms. The number of hydrogen-bond acceptors (Lipinski definition) is 6. The number of H-pyrrole nitrogens is 1. The second kappa shape index (κ2) is 5.58. The summed E-state index contributed by atoms with van der Waals surface area (Å²) in [5, 5.41) is 18.9. The number of nitrogens with one attached hydrogen (secondary N) is 1. The van der Waals surface area contributed by atoms with Crippen LogP contribution in [0.4, 0.5) is 5.95 Å². The molecule has 0 aromatic carbocycles. The van der Waals surface area contributed by atoms with E-state index >= 15 is 0 Å². The summed E-state index contributed by atoms with van der Waals surface area (Å²) < 4.78 is 2.86. The highest BCUT2D eigenvalue weighted by atomic mass is 16.3. The Labute approximate surface area is 125 Å². The number of aliphatic hydroxyl groups is 2. The first-order valence-corrected chi connectivity index (χ1v) is 7.26. The van der Waals surface area contributed by atoms with E-state index in [-0.39, 0.29) is 17.7 Å². The maximum atomic E-state index is 12.2. The zero-order valence-electron chi connectivity index (χ0n) is 12.3. The molecule has 0 amide bonds. The Morgan fingerprint density at radius 3 is 2.64 bits per heavy atom. The third kappa shape index (κ3) is 2.32. The fraction of sp³-hybridized carbons (Fsp3) is 0.615. The van der Waals surface area contributed by atoms with E-state index in [4.69, 9.17) is 5.11 Å². The van der Waals surface area contributed by atoms with E-state index in [1.54, 1.807) is 4.57 Å². The van der Waals surface area contributed by atoms with Gasteiger partial charge >= 0.3 is 5.69 Å². The number of aromatic nitrogens is 4. The average molecular weight is 309 g/mol. The second-order valence-electron chi connectivity index (χ2n) is 5.54. The van der Waals surface area contributed by atoms with Crippen molar-refractivity contribution in [1.82, 2.24) is 19.1 Å². The molecule has 1 saturated heterocycles. The molecule has 3 heterocycles. The average Bonchev–Trinajstić information content (AvgIpc) is 3.12. The van der Waals surface area contributed by atoms with E-state index in [0.717, 1.165) is 25.9 Å². The van der Waals surface area contributed by atoms with Crippen LogP contribution in [0.1, 0.15) is 12.8 Å². The quantitative estimate of drug-likeness (QED) is 0.625. The summed E-state index contributed by atoms with van der Waals surface area (Å²) in [6.07, 6.45) is 1.05. The third-order valence-electron chi connectivity index (χ3n) is 3.98. The molecule has 3 N–H and O–H groups in total. The Kier molecular flexibility index (Phi) is 3.75. The Morgan fingerprint density at radius 1 is 1.32 bits per heavy atom. The van der Waals surface area contributed by atoms with Gasteiger partial charge in [0.1, 0.15) is 0 Å². The van der Waals surface area contributed by atoms with E-state index in [0.29, 0.717) is 5.95 Å². The second-order valence-corrected chi connectivity index (χ2v) is 5.54. The lowest BCUT2D eigenvalue weighted by molar-refractivity contribution is 0.0823. The number of aliphatic hydroxyl groups excluding tert-OH is 2. The van der Waals surface area contributed by atoms with Gasteiger partial charge in [-0.1, -0.05) is 0 Å². The van der Waals surface area contributed by atoms with Gasteiger partial charge in [-0.3, -0.25) is 14.3 Å². The van der Waals surface area contributed by atoms with Gasteiger partial charge in [0.2, 0.25) is 5.95 Å². The van der Waals surface area contributed by atoms with Crippen molar-refractivity contribution in [3.63, 3.8) is 0 Å². The first-order chi connectivity index (χ1) is 10.5. The van der Waals surface area contributed by atoms with Gasteiger partial charge in [0, 0.05) is 20.1 Å². The van der Waals surface area contributed by atoms with Crippen LogP contribution in [0.5, 0.6) is 0 Å². The molecule has 0 radical (unpaired) electrons. The van der Waals surface area contributed by atoms with Crippen molar-refractivity contribution >= 4 is 17.1 Å². The standard InChI is InChI=1S/C13H19N5O4/c1-16-10-9(11(21)15-13(16)22)18(6-8(20)7-19)12(14-10)17-4-2-3-5-17/h8,19-20H,2-7H2,1H3,(H,15,21,22). The van der Waals surface area contributed by atoms with Crippen molar-refractivity contribution in [3.8, 4) is 0 Å². The molecule has 9 nitrogen and oxygen atoms in total. The molecule has 1 aliphatic heterocycles. The molecule has 1 unspecified atom stereocenters. The van der Waals surface area contributed by atoms with Crippen LogP contribution in [0, 0.1) is 0 Å². The molecule has 9 heteroatoms. The van der Waals surface area contributed by atoms with Gasteiger partial charge in [0.15, 0.2) is 11.2 Å². The fourth-order valence-corrected chi connectivity index (χ4v) is 2.82. The molecule has 1 fully saturated rings. The van der Waals surface area contributed by atoms with Crippen molar-refractivity contribution in [3.05, 3.63) is 20.8 Å². The van der Waals surface area contributed by atoms with E-state index < -0.39 is 24.0 Å². The van der Waals surface area contributed by atoms with Gasteiger partial charge in [-0.05, 0) is 12.8 Å². The van der Waals surface area contributed by atoms with Crippen LogP contribution >= 0.6 is 0 Å². The van der Waals surface area contributed by atoms with Crippen molar-refractivity contribution in [2.45, 2.75) is 25.5 Å². The Bertz CT molecular complexity index is 799. The first-order valence-electron chi connectivity index (χ1n) is 7.26. The van der Waals surface area contributed by atoms with E-state index in [1.165, 1.54) is 11.6 Å². The normalized spacial score (nSPS) is 16.6. The predicted octanol–water partition coefficient (Wildman–Crippen LogP) is -1.62. The molecule has 3 rings (SSSR count). The molecule has 0 spiro atoms. The predicted molar refractivity (Wildman–Crippen MR) is 80.1 cm³/mol. The summed E-state index contributed by atoms with van der Waals surface area (Å²) in [5.41, 5.74) is -0.559. The van der Waals surface area contributed by atoms with Gasteiger partial charge < -0.3 is 19.7 Å². The molecule has 0 saturated carbocycles. The highest BCUT2D eigenvalue weighted by Crippen LogP contribution is 2.23. The van der Waals surface area contributed by atoms with E-state index in [1.807, 2.05) is 4.90 Å². The Morgan fingerprint density at radius 2 is 2.00 bits per heavy atom. The van der Waals surface area contributed by atoms with Gasteiger partial charge in [-0.15, -0.1) is 0 Å². The van der Waals surface area contributed by atoms with Crippen LogP contribution in [-0.4, -0.2) is 55.1 Å². The zero-order valence-corrected chi connectivity index (χ0v) is 12.3. The number of rotatable bonds is 4. The summed E-state index contributed by atoms with van der Waals surface area (Å²) in [5.74, 6) is 0.548. The maximum absolute atomic E-state index is 12.2. The summed E-state index contributed by atoms with van der Waals surface area (Å²) in [7, 11) is 1.54. The molecule has 0 bridgehead atoms. The fourth-order valence-electron chi connectivity index (χ4n) is 2.82. The van der Waals surface area contributed by atoms with Gasteiger partial charge in [-0.25, -0.2) is 4.79 Å². The minimum absolute atomic E-state index is 0.0418. The first kappa shape index (κ1) is 14.8. The molecule has 1 atom stereocenters. The largest absolute Gasteiger partial charge is 0.394 e. The summed E-state index contributed by atoms with van der Waals surface area (Å²) in [6.45, 7) is 1.25. The number of imidazole rings is 1. The lowest BCUT2D eigenvalue weighted by Gasteiger charge is -2.19. The SMILES string of the molecule is Cn1c(=O)[nH]c(=O)c2c1nc(N1CCCC1)n2CC(O)CO. The minimum Gasteiger partial charge on any atom is -0.394 e. The van der Waals surface area contributed by atoms with Crippen LogP contribution in [-0.2, 0) is 13.6 Å². The van der Waals surface area contributed by atoms with Crippen molar-refractivity contribution in [2.75, 3.05) is 24.6 Å². The number of aryl methyl sites for hydroxylation is 1. The maximum Gasteiger partial charge on any atom is 0.329 e. The smallest absolute Gasteiger partial charge is 0.329 e. The molecule has 2 aromatic rings. The van der Waals surface area contributed by atoms with Crippen molar-refractivity contribution in [2.24, 2.45) is 7.05 Å². The molecular weight excluding hydrogens is 290 g/mol. The van der Waals surface area contributed by atoms with Crippen molar-refractivity contribution < 1.29 is 10.2 Å².